The van der Waals surface area contributed by atoms with Gasteiger partial charge in [-0.15, -0.1) is 11.3 Å². The summed E-state index contributed by atoms with van der Waals surface area (Å²) in [5, 5.41) is 8.77. The summed E-state index contributed by atoms with van der Waals surface area (Å²) in [7, 11) is 0. The molecule has 6 aromatic carbocycles. The minimum Gasteiger partial charge on any atom is -0.371 e. The van der Waals surface area contributed by atoms with E-state index < -0.39 is 0 Å². The largest absolute Gasteiger partial charge is 0.371 e. The molecule has 1 aliphatic rings. The second kappa shape index (κ2) is 10.4. The standard InChI is InChI=1S/C39H28N2S/c1-3-11-27(12-4-1)28-19-21-31(22-20-28)41(33-25-37-35-17-9-10-18-38(35)42-39(37)40-26-33)32-23-30-15-7-8-16-34(30)36(24-32)29-13-5-2-6-14-29/h1-25,40H,26H2. The molecule has 42 heavy (non-hydrogen) atoms. The van der Waals surface area contributed by atoms with Crippen LogP contribution in [-0.4, -0.2) is 6.54 Å². The normalized spacial score (nSPS) is 12.5. The molecule has 7 aromatic rings. The molecule has 200 valence electrons. The summed E-state index contributed by atoms with van der Waals surface area (Å²) in [5.74, 6) is 0. The summed E-state index contributed by atoms with van der Waals surface area (Å²) in [6.07, 6.45) is 2.38. The fourth-order valence-corrected chi connectivity index (χ4v) is 7.14. The highest BCUT2D eigenvalue weighted by molar-refractivity contribution is 7.23. The van der Waals surface area contributed by atoms with Crippen molar-refractivity contribution in [1.29, 1.82) is 0 Å². The third-order valence-corrected chi connectivity index (χ3v) is 9.23. The first kappa shape index (κ1) is 24.7. The highest BCUT2D eigenvalue weighted by Gasteiger charge is 2.23. The molecule has 1 aliphatic heterocycles. The van der Waals surface area contributed by atoms with Crippen molar-refractivity contribution >= 4 is 54.6 Å². The molecule has 0 atom stereocenters. The molecule has 0 spiro atoms. The third-order valence-electron chi connectivity index (χ3n) is 8.08. The van der Waals surface area contributed by atoms with E-state index >= 15 is 0 Å². The van der Waals surface area contributed by atoms with Crippen molar-refractivity contribution in [3.8, 4) is 22.3 Å². The van der Waals surface area contributed by atoms with Gasteiger partial charge in [0.15, 0.2) is 0 Å². The Hall–Kier alpha value is -5.12. The first-order valence-corrected chi connectivity index (χ1v) is 15.1. The SMILES string of the molecule is C1=C(N(c2ccc(-c3ccccc3)cc2)c2cc(-c3ccccc3)c3ccccc3c2)CNc2sc3ccccc3c21. The predicted molar refractivity (Wildman–Crippen MR) is 182 cm³/mol. The summed E-state index contributed by atoms with van der Waals surface area (Å²) in [6, 6.07) is 52.4. The number of fused-ring (bicyclic) bond motifs is 4. The Morgan fingerprint density at radius 3 is 1.98 bits per heavy atom. The van der Waals surface area contributed by atoms with Gasteiger partial charge >= 0.3 is 0 Å². The monoisotopic (exact) mass is 556 g/mol. The predicted octanol–water partition coefficient (Wildman–Crippen LogP) is 11.0. The lowest BCUT2D eigenvalue weighted by Crippen LogP contribution is -2.24. The van der Waals surface area contributed by atoms with Crippen LogP contribution in [0.3, 0.4) is 0 Å². The number of benzene rings is 6. The van der Waals surface area contributed by atoms with Crippen molar-refractivity contribution < 1.29 is 0 Å². The van der Waals surface area contributed by atoms with Crippen LogP contribution in [-0.2, 0) is 0 Å². The van der Waals surface area contributed by atoms with E-state index in [2.05, 4.69) is 162 Å². The Balaban J connectivity index is 1.33. The lowest BCUT2D eigenvalue weighted by molar-refractivity contribution is 1.09. The number of nitrogens with one attached hydrogen (secondary N) is 1. The molecule has 0 fully saturated rings. The van der Waals surface area contributed by atoms with Gasteiger partial charge in [0.25, 0.3) is 0 Å². The van der Waals surface area contributed by atoms with Crippen LogP contribution in [0.5, 0.6) is 0 Å². The lowest BCUT2D eigenvalue weighted by Gasteiger charge is -2.31. The first-order valence-electron chi connectivity index (χ1n) is 14.3. The van der Waals surface area contributed by atoms with Crippen LogP contribution in [0.2, 0.25) is 0 Å². The number of hydrogen-bond donors (Lipinski definition) is 1. The van der Waals surface area contributed by atoms with Gasteiger partial charge in [0, 0.05) is 32.7 Å². The van der Waals surface area contributed by atoms with E-state index in [4.69, 9.17) is 0 Å². The molecule has 0 unspecified atom stereocenters. The maximum atomic E-state index is 3.75. The molecule has 0 radical (unpaired) electrons. The van der Waals surface area contributed by atoms with E-state index in [1.165, 1.54) is 59.4 Å². The van der Waals surface area contributed by atoms with Gasteiger partial charge < -0.3 is 10.2 Å². The Morgan fingerprint density at radius 2 is 1.19 bits per heavy atom. The van der Waals surface area contributed by atoms with Gasteiger partial charge in [-0.3, -0.25) is 0 Å². The van der Waals surface area contributed by atoms with Crippen LogP contribution in [0.15, 0.2) is 151 Å². The minimum atomic E-state index is 0.744. The highest BCUT2D eigenvalue weighted by Crippen LogP contribution is 2.43. The van der Waals surface area contributed by atoms with E-state index in [-0.39, 0.29) is 0 Å². The van der Waals surface area contributed by atoms with Gasteiger partial charge in [-0.1, -0.05) is 115 Å². The van der Waals surface area contributed by atoms with Crippen molar-refractivity contribution in [2.75, 3.05) is 16.8 Å². The second-order valence-corrected chi connectivity index (χ2v) is 11.7. The van der Waals surface area contributed by atoms with E-state index in [9.17, 15) is 0 Å². The van der Waals surface area contributed by atoms with E-state index in [0.29, 0.717) is 0 Å². The average molecular weight is 557 g/mol. The van der Waals surface area contributed by atoms with Crippen LogP contribution in [0, 0.1) is 0 Å². The average Bonchev–Trinajstić information content (AvgIpc) is 3.44. The molecule has 2 heterocycles. The second-order valence-electron chi connectivity index (χ2n) is 10.7. The smallest absolute Gasteiger partial charge is 0.0972 e. The zero-order valence-electron chi connectivity index (χ0n) is 23.0. The zero-order valence-corrected chi connectivity index (χ0v) is 23.8. The van der Waals surface area contributed by atoms with Gasteiger partial charge in [-0.05, 0) is 69.4 Å². The quantitative estimate of drug-likeness (QED) is 0.227. The summed E-state index contributed by atoms with van der Waals surface area (Å²) in [6.45, 7) is 0.744. The molecule has 0 amide bonds. The Kier molecular flexibility index (Phi) is 6.09. The molecule has 0 bridgehead atoms. The molecule has 8 rings (SSSR count). The topological polar surface area (TPSA) is 15.3 Å². The Morgan fingerprint density at radius 1 is 0.548 bits per heavy atom. The molecular formula is C39H28N2S. The summed E-state index contributed by atoms with van der Waals surface area (Å²) >= 11 is 1.83. The highest BCUT2D eigenvalue weighted by atomic mass is 32.1. The van der Waals surface area contributed by atoms with Crippen LogP contribution < -0.4 is 10.2 Å². The third kappa shape index (κ3) is 4.36. The van der Waals surface area contributed by atoms with Gasteiger partial charge in [0.05, 0.1) is 11.5 Å². The molecule has 2 nitrogen and oxygen atoms in total. The van der Waals surface area contributed by atoms with Crippen molar-refractivity contribution in [2.45, 2.75) is 0 Å². The van der Waals surface area contributed by atoms with E-state index in [1.807, 2.05) is 11.3 Å². The van der Waals surface area contributed by atoms with Gasteiger partial charge in [0.2, 0.25) is 0 Å². The summed E-state index contributed by atoms with van der Waals surface area (Å²) in [4.78, 5) is 2.43. The molecule has 1 N–H and O–H groups in total. The number of nitrogens with zero attached hydrogens (tertiary/aromatic N) is 1. The van der Waals surface area contributed by atoms with Crippen LogP contribution in [0.25, 0.3) is 49.2 Å². The maximum absolute atomic E-state index is 3.75. The molecule has 0 saturated heterocycles. The Labute approximate surface area is 249 Å². The van der Waals surface area contributed by atoms with E-state index in [0.717, 1.165) is 17.9 Å². The van der Waals surface area contributed by atoms with Crippen LogP contribution in [0.1, 0.15) is 5.56 Å². The van der Waals surface area contributed by atoms with Crippen molar-refractivity contribution in [3.63, 3.8) is 0 Å². The van der Waals surface area contributed by atoms with E-state index in [1.54, 1.807) is 0 Å². The molecule has 0 saturated carbocycles. The zero-order chi connectivity index (χ0) is 27.9. The maximum Gasteiger partial charge on any atom is 0.0972 e. The summed E-state index contributed by atoms with van der Waals surface area (Å²) in [5.41, 5.74) is 9.67. The van der Waals surface area contributed by atoms with Crippen LogP contribution >= 0.6 is 11.3 Å². The Bertz CT molecular complexity index is 2070. The molecular weight excluding hydrogens is 529 g/mol. The van der Waals surface area contributed by atoms with Crippen molar-refractivity contribution in [2.24, 2.45) is 0 Å². The number of thiophene rings is 1. The number of hydrogen-bond acceptors (Lipinski definition) is 3. The van der Waals surface area contributed by atoms with Gasteiger partial charge in [-0.2, -0.15) is 0 Å². The lowest BCUT2D eigenvalue weighted by atomic mass is 9.96. The first-order chi connectivity index (χ1) is 20.8. The fourth-order valence-electron chi connectivity index (χ4n) is 6.07. The number of anilines is 3. The van der Waals surface area contributed by atoms with Gasteiger partial charge in [-0.25, -0.2) is 0 Å². The van der Waals surface area contributed by atoms with Crippen molar-refractivity contribution in [3.05, 3.63) is 157 Å². The van der Waals surface area contributed by atoms with Gasteiger partial charge in [0.1, 0.15) is 0 Å². The minimum absolute atomic E-state index is 0.744. The molecule has 0 aliphatic carbocycles. The summed E-state index contributed by atoms with van der Waals surface area (Å²) < 4.78 is 1.31. The fraction of sp³-hybridized carbons (Fsp3) is 0.0256. The number of rotatable bonds is 5. The van der Waals surface area contributed by atoms with Crippen molar-refractivity contribution in [1.82, 2.24) is 0 Å². The molecule has 1 aromatic heterocycles. The molecule has 3 heteroatoms. The van der Waals surface area contributed by atoms with Crippen LogP contribution in [0.4, 0.5) is 16.4 Å².